The molecule has 1 aliphatic rings. The highest BCUT2D eigenvalue weighted by molar-refractivity contribution is 6.04. The molecule has 0 saturated carbocycles. The maximum atomic E-state index is 14.0. The number of carbonyl (C=O) groups is 1. The highest BCUT2D eigenvalue weighted by atomic mass is 19.1. The van der Waals surface area contributed by atoms with Crippen LogP contribution in [0.2, 0.25) is 0 Å². The molecule has 0 atom stereocenters. The van der Waals surface area contributed by atoms with Gasteiger partial charge in [-0.2, -0.15) is 0 Å². The van der Waals surface area contributed by atoms with Crippen molar-refractivity contribution in [1.29, 1.82) is 0 Å². The van der Waals surface area contributed by atoms with E-state index in [0.717, 1.165) is 38.3 Å². The molecule has 3 aromatic rings. The maximum absolute atomic E-state index is 14.0. The average molecular weight is 407 g/mol. The Morgan fingerprint density at radius 2 is 1.60 bits per heavy atom. The third-order valence-electron chi connectivity index (χ3n) is 5.26. The Bertz CT molecular complexity index is 1010. The van der Waals surface area contributed by atoms with Crippen LogP contribution in [0.15, 0.2) is 72.8 Å². The summed E-state index contributed by atoms with van der Waals surface area (Å²) in [6, 6.07) is 20.1. The largest absolute Gasteiger partial charge is 0.367 e. The van der Waals surface area contributed by atoms with Crippen molar-refractivity contribution in [2.24, 2.45) is 0 Å². The number of anilines is 2. The van der Waals surface area contributed by atoms with E-state index >= 15 is 0 Å². The van der Waals surface area contributed by atoms with E-state index in [4.69, 9.17) is 0 Å². The summed E-state index contributed by atoms with van der Waals surface area (Å²) in [5.41, 5.74) is 2.80. The smallest absolute Gasteiger partial charge is 0.255 e. The van der Waals surface area contributed by atoms with E-state index in [1.54, 1.807) is 12.1 Å². The third kappa shape index (κ3) is 4.83. The normalized spacial score (nSPS) is 14.5. The molecule has 1 aliphatic heterocycles. The zero-order valence-electron chi connectivity index (χ0n) is 16.5. The first kappa shape index (κ1) is 20.0. The fourth-order valence-electron chi connectivity index (χ4n) is 3.66. The molecular weight excluding hydrogens is 384 g/mol. The Hall–Kier alpha value is -3.25. The van der Waals surface area contributed by atoms with Crippen molar-refractivity contribution in [3.05, 3.63) is 95.6 Å². The topological polar surface area (TPSA) is 35.6 Å². The number of nitrogens with one attached hydrogen (secondary N) is 1. The first-order valence-electron chi connectivity index (χ1n) is 9.96. The van der Waals surface area contributed by atoms with E-state index < -0.39 is 0 Å². The van der Waals surface area contributed by atoms with E-state index in [-0.39, 0.29) is 17.5 Å². The van der Waals surface area contributed by atoms with Gasteiger partial charge in [-0.15, -0.1) is 0 Å². The molecule has 0 aliphatic carbocycles. The number of para-hydroxylation sites is 1. The van der Waals surface area contributed by atoms with Crippen molar-refractivity contribution in [3.8, 4) is 0 Å². The molecule has 0 bridgehead atoms. The lowest BCUT2D eigenvalue weighted by Crippen LogP contribution is -2.46. The van der Waals surface area contributed by atoms with Gasteiger partial charge in [0.15, 0.2) is 0 Å². The summed E-state index contributed by atoms with van der Waals surface area (Å²) in [4.78, 5) is 16.9. The van der Waals surface area contributed by atoms with E-state index in [2.05, 4.69) is 15.1 Å². The Kier molecular flexibility index (Phi) is 6.05. The number of hydrogen-bond acceptors (Lipinski definition) is 3. The Morgan fingerprint density at radius 3 is 2.33 bits per heavy atom. The summed E-state index contributed by atoms with van der Waals surface area (Å²) in [6.45, 7) is 3.88. The van der Waals surface area contributed by atoms with Crippen molar-refractivity contribution in [1.82, 2.24) is 4.90 Å². The second-order valence-electron chi connectivity index (χ2n) is 7.38. The predicted octanol–water partition coefficient (Wildman–Crippen LogP) is 4.54. The number of benzene rings is 3. The molecule has 4 nitrogen and oxygen atoms in total. The van der Waals surface area contributed by atoms with E-state index in [1.165, 1.54) is 30.3 Å². The molecule has 0 aromatic heterocycles. The van der Waals surface area contributed by atoms with E-state index in [1.807, 2.05) is 30.3 Å². The van der Waals surface area contributed by atoms with Gasteiger partial charge in [0.2, 0.25) is 0 Å². The second-order valence-corrected chi connectivity index (χ2v) is 7.38. The van der Waals surface area contributed by atoms with Crippen LogP contribution in [-0.4, -0.2) is 37.0 Å². The maximum Gasteiger partial charge on any atom is 0.255 e. The monoisotopic (exact) mass is 407 g/mol. The van der Waals surface area contributed by atoms with Gasteiger partial charge in [0.05, 0.1) is 5.69 Å². The van der Waals surface area contributed by atoms with Gasteiger partial charge in [0.25, 0.3) is 5.91 Å². The summed E-state index contributed by atoms with van der Waals surface area (Å²) < 4.78 is 27.0. The van der Waals surface area contributed by atoms with Crippen molar-refractivity contribution >= 4 is 17.3 Å². The standard InChI is InChI=1S/C24H23F2N3O/c25-20-8-10-21(11-9-20)27-24(30)19-5-3-4-18(16-19)17-28-12-14-29(15-13-28)23-7-2-1-6-22(23)26/h1-11,16H,12-15,17H2,(H,27,30). The second kappa shape index (κ2) is 9.05. The zero-order valence-corrected chi connectivity index (χ0v) is 16.5. The van der Waals surface area contributed by atoms with Gasteiger partial charge in [-0.1, -0.05) is 24.3 Å². The molecule has 0 unspecified atom stereocenters. The highest BCUT2D eigenvalue weighted by Crippen LogP contribution is 2.21. The van der Waals surface area contributed by atoms with Gasteiger partial charge >= 0.3 is 0 Å². The summed E-state index contributed by atoms with van der Waals surface area (Å²) in [7, 11) is 0. The molecular formula is C24H23F2N3O. The van der Waals surface area contributed by atoms with Crippen molar-refractivity contribution in [3.63, 3.8) is 0 Å². The molecule has 3 aromatic carbocycles. The Balaban J connectivity index is 1.35. The van der Waals surface area contributed by atoms with Gasteiger partial charge in [-0.25, -0.2) is 8.78 Å². The molecule has 154 valence electrons. The summed E-state index contributed by atoms with van der Waals surface area (Å²) in [5, 5.41) is 2.78. The summed E-state index contributed by atoms with van der Waals surface area (Å²) in [5.74, 6) is -0.760. The number of nitrogens with zero attached hydrogens (tertiary/aromatic N) is 2. The van der Waals surface area contributed by atoms with Crippen LogP contribution in [0.25, 0.3) is 0 Å². The molecule has 30 heavy (non-hydrogen) atoms. The minimum atomic E-state index is -0.343. The Labute approximate surface area is 174 Å². The number of rotatable bonds is 5. The quantitative estimate of drug-likeness (QED) is 0.675. The molecule has 1 saturated heterocycles. The average Bonchev–Trinajstić information content (AvgIpc) is 2.77. The molecule has 1 heterocycles. The summed E-state index contributed by atoms with van der Waals surface area (Å²) in [6.07, 6.45) is 0. The first-order chi connectivity index (χ1) is 14.6. The van der Waals surface area contributed by atoms with Gasteiger partial charge in [-0.05, 0) is 54.1 Å². The van der Waals surface area contributed by atoms with Crippen LogP contribution in [0.5, 0.6) is 0 Å². The summed E-state index contributed by atoms with van der Waals surface area (Å²) >= 11 is 0. The van der Waals surface area contributed by atoms with Gasteiger partial charge < -0.3 is 10.2 Å². The SMILES string of the molecule is O=C(Nc1ccc(F)cc1)c1cccc(CN2CCN(c3ccccc3F)CC2)c1. The first-order valence-corrected chi connectivity index (χ1v) is 9.96. The predicted molar refractivity (Wildman–Crippen MR) is 115 cm³/mol. The minimum Gasteiger partial charge on any atom is -0.367 e. The van der Waals surface area contributed by atoms with Crippen molar-refractivity contribution in [2.75, 3.05) is 36.4 Å². The molecule has 4 rings (SSSR count). The molecule has 0 spiro atoms. The third-order valence-corrected chi connectivity index (χ3v) is 5.26. The Morgan fingerprint density at radius 1 is 0.867 bits per heavy atom. The highest BCUT2D eigenvalue weighted by Gasteiger charge is 2.19. The number of carbonyl (C=O) groups excluding carboxylic acids is 1. The van der Waals surface area contributed by atoms with Crippen molar-refractivity contribution < 1.29 is 13.6 Å². The zero-order chi connectivity index (χ0) is 20.9. The lowest BCUT2D eigenvalue weighted by atomic mass is 10.1. The van der Waals surface area contributed by atoms with Crippen LogP contribution < -0.4 is 10.2 Å². The molecule has 6 heteroatoms. The van der Waals surface area contributed by atoms with Gasteiger partial charge in [-0.3, -0.25) is 9.69 Å². The fraction of sp³-hybridized carbons (Fsp3) is 0.208. The van der Waals surface area contributed by atoms with E-state index in [9.17, 15) is 13.6 Å². The molecule has 1 N–H and O–H groups in total. The fourth-order valence-corrected chi connectivity index (χ4v) is 3.66. The van der Waals surface area contributed by atoms with Gasteiger partial charge in [0, 0.05) is 44.0 Å². The molecule has 1 amide bonds. The van der Waals surface area contributed by atoms with Crippen LogP contribution in [0.3, 0.4) is 0 Å². The number of piperazine rings is 1. The minimum absolute atomic E-state index is 0.189. The van der Waals surface area contributed by atoms with Crippen LogP contribution in [0.4, 0.5) is 20.2 Å². The van der Waals surface area contributed by atoms with Crippen molar-refractivity contribution in [2.45, 2.75) is 6.54 Å². The lowest BCUT2D eigenvalue weighted by molar-refractivity contribution is 0.102. The van der Waals surface area contributed by atoms with E-state index in [0.29, 0.717) is 16.9 Å². The number of amides is 1. The lowest BCUT2D eigenvalue weighted by Gasteiger charge is -2.36. The van der Waals surface area contributed by atoms with Crippen LogP contribution in [0, 0.1) is 11.6 Å². The number of halogens is 2. The van der Waals surface area contributed by atoms with Crippen LogP contribution in [0.1, 0.15) is 15.9 Å². The molecule has 1 fully saturated rings. The van der Waals surface area contributed by atoms with Gasteiger partial charge in [0.1, 0.15) is 11.6 Å². The van der Waals surface area contributed by atoms with Crippen LogP contribution in [-0.2, 0) is 6.54 Å². The molecule has 0 radical (unpaired) electrons. The number of hydrogen-bond donors (Lipinski definition) is 1. The van der Waals surface area contributed by atoms with Crippen LogP contribution >= 0.6 is 0 Å².